The zero-order chi connectivity index (χ0) is 10.7. The van der Waals surface area contributed by atoms with Crippen molar-refractivity contribution in [3.63, 3.8) is 0 Å². The maximum absolute atomic E-state index is 5.90. The number of thioether (sulfide) groups is 1. The summed E-state index contributed by atoms with van der Waals surface area (Å²) in [6.07, 6.45) is 0.142. The van der Waals surface area contributed by atoms with Crippen LogP contribution in [0.4, 0.5) is 0 Å². The Bertz CT molecular complexity index is 315. The van der Waals surface area contributed by atoms with Crippen LogP contribution in [0.3, 0.4) is 0 Å². The fourth-order valence-corrected chi connectivity index (χ4v) is 3.64. The van der Waals surface area contributed by atoms with Gasteiger partial charge in [-0.15, -0.1) is 11.3 Å². The van der Waals surface area contributed by atoms with Crippen LogP contribution >= 0.6 is 34.7 Å². The van der Waals surface area contributed by atoms with Gasteiger partial charge in [0.2, 0.25) is 0 Å². The molecule has 1 aromatic rings. The standard InChI is InChI=1S/C9H13ClN2OS2/c10-8-2-1-7(15-8)9(12-11)6-5-14-4-3-13-6/h1-2,6,9,12H,3-5,11H2. The smallest absolute Gasteiger partial charge is 0.0931 e. The zero-order valence-electron chi connectivity index (χ0n) is 8.11. The molecule has 0 bridgehead atoms. The third-order valence-corrected chi connectivity index (χ3v) is 4.63. The van der Waals surface area contributed by atoms with Crippen molar-refractivity contribution >= 4 is 34.7 Å². The van der Waals surface area contributed by atoms with Gasteiger partial charge in [0, 0.05) is 16.4 Å². The molecule has 1 aliphatic rings. The number of rotatable bonds is 3. The highest BCUT2D eigenvalue weighted by atomic mass is 35.5. The molecule has 1 fully saturated rings. The Balaban J connectivity index is 2.08. The summed E-state index contributed by atoms with van der Waals surface area (Å²) in [4.78, 5) is 1.13. The Hall–Kier alpha value is 0.220. The lowest BCUT2D eigenvalue weighted by Gasteiger charge is -2.28. The van der Waals surface area contributed by atoms with Crippen LogP contribution in [0.1, 0.15) is 10.9 Å². The molecule has 1 aromatic heterocycles. The van der Waals surface area contributed by atoms with Gasteiger partial charge in [0.1, 0.15) is 0 Å². The molecule has 3 N–H and O–H groups in total. The minimum absolute atomic E-state index is 0.0512. The van der Waals surface area contributed by atoms with Gasteiger partial charge in [0.15, 0.2) is 0 Å². The van der Waals surface area contributed by atoms with Gasteiger partial charge in [0.25, 0.3) is 0 Å². The molecule has 2 atom stereocenters. The molecule has 1 saturated heterocycles. The van der Waals surface area contributed by atoms with Crippen molar-refractivity contribution in [2.75, 3.05) is 18.1 Å². The summed E-state index contributed by atoms with van der Waals surface area (Å²) in [6.45, 7) is 0.798. The number of nitrogens with one attached hydrogen (secondary N) is 1. The van der Waals surface area contributed by atoms with Gasteiger partial charge in [-0.1, -0.05) is 11.6 Å². The molecular formula is C9H13ClN2OS2. The molecule has 3 nitrogen and oxygen atoms in total. The van der Waals surface area contributed by atoms with Crippen LogP contribution in [0.2, 0.25) is 4.34 Å². The van der Waals surface area contributed by atoms with Crippen LogP contribution in [-0.2, 0) is 4.74 Å². The largest absolute Gasteiger partial charge is 0.374 e. The Kier molecular flexibility index (Phi) is 4.30. The summed E-state index contributed by atoms with van der Waals surface area (Å²) in [5.41, 5.74) is 2.81. The van der Waals surface area contributed by atoms with Crippen LogP contribution in [0.25, 0.3) is 0 Å². The quantitative estimate of drug-likeness (QED) is 0.648. The molecule has 0 amide bonds. The normalized spacial score (nSPS) is 24.0. The first-order valence-electron chi connectivity index (χ1n) is 4.72. The van der Waals surface area contributed by atoms with Gasteiger partial charge in [-0.3, -0.25) is 5.84 Å². The predicted molar refractivity (Wildman–Crippen MR) is 66.5 cm³/mol. The maximum atomic E-state index is 5.90. The van der Waals surface area contributed by atoms with Crippen molar-refractivity contribution in [2.45, 2.75) is 12.1 Å². The monoisotopic (exact) mass is 264 g/mol. The minimum atomic E-state index is 0.0512. The van der Waals surface area contributed by atoms with Crippen molar-refractivity contribution < 1.29 is 4.74 Å². The number of thiophene rings is 1. The highest BCUT2D eigenvalue weighted by Gasteiger charge is 2.26. The Labute approximate surface area is 102 Å². The van der Waals surface area contributed by atoms with Gasteiger partial charge in [-0.05, 0) is 12.1 Å². The summed E-state index contributed by atoms with van der Waals surface area (Å²) in [7, 11) is 0. The van der Waals surface area contributed by atoms with Gasteiger partial charge in [0.05, 0.1) is 23.1 Å². The van der Waals surface area contributed by atoms with Gasteiger partial charge < -0.3 is 4.74 Å². The summed E-state index contributed by atoms with van der Waals surface area (Å²) >= 11 is 9.35. The van der Waals surface area contributed by atoms with Gasteiger partial charge >= 0.3 is 0 Å². The topological polar surface area (TPSA) is 47.3 Å². The van der Waals surface area contributed by atoms with Crippen LogP contribution in [0.5, 0.6) is 0 Å². The summed E-state index contributed by atoms with van der Waals surface area (Å²) in [6, 6.07) is 3.94. The third-order valence-electron chi connectivity index (χ3n) is 2.29. The molecule has 0 aliphatic carbocycles. The fourth-order valence-electron chi connectivity index (χ4n) is 1.57. The Morgan fingerprint density at radius 3 is 3.00 bits per heavy atom. The highest BCUT2D eigenvalue weighted by molar-refractivity contribution is 7.99. The molecule has 2 unspecified atom stereocenters. The Morgan fingerprint density at radius 1 is 1.60 bits per heavy atom. The lowest BCUT2D eigenvalue weighted by Crippen LogP contribution is -2.40. The highest BCUT2D eigenvalue weighted by Crippen LogP contribution is 2.31. The fraction of sp³-hybridized carbons (Fsp3) is 0.556. The molecule has 0 aromatic carbocycles. The van der Waals surface area contributed by atoms with E-state index < -0.39 is 0 Å². The van der Waals surface area contributed by atoms with Gasteiger partial charge in [-0.2, -0.15) is 11.8 Å². The van der Waals surface area contributed by atoms with E-state index in [9.17, 15) is 0 Å². The second kappa shape index (κ2) is 5.52. The SMILES string of the molecule is NNC(c1ccc(Cl)s1)C1CSCCO1. The van der Waals surface area contributed by atoms with Crippen molar-refractivity contribution in [2.24, 2.45) is 5.84 Å². The van der Waals surface area contributed by atoms with Crippen LogP contribution in [0, 0.1) is 0 Å². The molecule has 6 heteroatoms. The Morgan fingerprint density at radius 2 is 2.47 bits per heavy atom. The lowest BCUT2D eigenvalue weighted by molar-refractivity contribution is 0.0477. The summed E-state index contributed by atoms with van der Waals surface area (Å²) in [5.74, 6) is 7.61. The van der Waals surface area contributed by atoms with E-state index in [-0.39, 0.29) is 12.1 Å². The molecule has 0 saturated carbocycles. The van der Waals surface area contributed by atoms with Crippen molar-refractivity contribution in [1.82, 2.24) is 5.43 Å². The molecule has 2 rings (SSSR count). The van der Waals surface area contributed by atoms with E-state index in [2.05, 4.69) is 5.43 Å². The summed E-state index contributed by atoms with van der Waals surface area (Å²) < 4.78 is 6.48. The maximum Gasteiger partial charge on any atom is 0.0931 e. The summed E-state index contributed by atoms with van der Waals surface area (Å²) in [5, 5.41) is 0. The van der Waals surface area contributed by atoms with Crippen molar-refractivity contribution in [1.29, 1.82) is 0 Å². The molecule has 15 heavy (non-hydrogen) atoms. The van der Waals surface area contributed by atoms with E-state index in [1.807, 2.05) is 23.9 Å². The molecular weight excluding hydrogens is 252 g/mol. The van der Waals surface area contributed by atoms with Crippen molar-refractivity contribution in [3.8, 4) is 0 Å². The van der Waals surface area contributed by atoms with E-state index in [1.54, 1.807) is 11.3 Å². The number of nitrogens with two attached hydrogens (primary N) is 1. The van der Waals surface area contributed by atoms with E-state index >= 15 is 0 Å². The first-order valence-corrected chi connectivity index (χ1v) is 7.07. The molecule has 0 radical (unpaired) electrons. The third kappa shape index (κ3) is 2.87. The van der Waals surface area contributed by atoms with E-state index in [0.29, 0.717) is 0 Å². The molecule has 0 spiro atoms. The molecule has 2 heterocycles. The number of halogens is 1. The van der Waals surface area contributed by atoms with Gasteiger partial charge in [-0.25, -0.2) is 5.43 Å². The zero-order valence-corrected chi connectivity index (χ0v) is 10.5. The minimum Gasteiger partial charge on any atom is -0.374 e. The average molecular weight is 265 g/mol. The number of hydrogen-bond acceptors (Lipinski definition) is 5. The lowest BCUT2D eigenvalue weighted by atomic mass is 10.1. The van der Waals surface area contributed by atoms with E-state index in [4.69, 9.17) is 22.2 Å². The average Bonchev–Trinajstić information content (AvgIpc) is 2.68. The number of ether oxygens (including phenoxy) is 1. The molecule has 84 valence electrons. The predicted octanol–water partition coefficient (Wildman–Crippen LogP) is 2.04. The van der Waals surface area contributed by atoms with Crippen LogP contribution < -0.4 is 11.3 Å². The van der Waals surface area contributed by atoms with E-state index in [0.717, 1.165) is 27.3 Å². The first-order chi connectivity index (χ1) is 7.31. The number of hydrogen-bond donors (Lipinski definition) is 2. The second-order valence-electron chi connectivity index (χ2n) is 3.27. The van der Waals surface area contributed by atoms with Crippen LogP contribution in [-0.4, -0.2) is 24.2 Å². The molecule has 1 aliphatic heterocycles. The second-order valence-corrected chi connectivity index (χ2v) is 6.17. The van der Waals surface area contributed by atoms with E-state index in [1.165, 1.54) is 0 Å². The number of hydrazine groups is 1. The van der Waals surface area contributed by atoms with Crippen LogP contribution in [0.15, 0.2) is 12.1 Å². The van der Waals surface area contributed by atoms with Crippen molar-refractivity contribution in [3.05, 3.63) is 21.3 Å². The first kappa shape index (κ1) is 11.7.